The summed E-state index contributed by atoms with van der Waals surface area (Å²) in [6.45, 7) is 4.07. The minimum atomic E-state index is 0.00152. The minimum Gasteiger partial charge on any atom is -0.271 e. The van der Waals surface area contributed by atoms with Crippen molar-refractivity contribution in [2.45, 2.75) is 19.9 Å². The van der Waals surface area contributed by atoms with Crippen molar-refractivity contribution in [1.29, 1.82) is 0 Å². The second kappa shape index (κ2) is 5.66. The summed E-state index contributed by atoms with van der Waals surface area (Å²) in [6.07, 6.45) is 2.06. The first-order chi connectivity index (χ1) is 7.04. The smallest absolute Gasteiger partial charge is 0.0654 e. The van der Waals surface area contributed by atoms with E-state index in [-0.39, 0.29) is 6.04 Å². The zero-order chi connectivity index (χ0) is 11.4. The number of nitrogens with one attached hydrogen (secondary N) is 1. The van der Waals surface area contributed by atoms with E-state index in [4.69, 9.17) is 17.4 Å². The number of halogens is 2. The van der Waals surface area contributed by atoms with E-state index in [2.05, 4.69) is 27.4 Å². The summed E-state index contributed by atoms with van der Waals surface area (Å²) in [5, 5.41) is 0.707. The highest BCUT2D eigenvalue weighted by atomic mass is 79.9. The fourth-order valence-corrected chi connectivity index (χ4v) is 2.24. The van der Waals surface area contributed by atoms with Gasteiger partial charge in [0.05, 0.1) is 6.04 Å². The third-order valence-electron chi connectivity index (χ3n) is 1.98. The molecule has 1 unspecified atom stereocenters. The van der Waals surface area contributed by atoms with Crippen molar-refractivity contribution >= 4 is 27.5 Å². The number of hydrazine groups is 1. The third-order valence-corrected chi connectivity index (χ3v) is 2.90. The number of nitrogens with two attached hydrogens (primary N) is 1. The average molecular weight is 290 g/mol. The lowest BCUT2D eigenvalue weighted by atomic mass is 10.1. The Labute approximate surface area is 104 Å². The summed E-state index contributed by atoms with van der Waals surface area (Å²) in [5.74, 6) is 5.51. The number of hydrogen-bond acceptors (Lipinski definition) is 2. The maximum absolute atomic E-state index is 5.87. The lowest BCUT2D eigenvalue weighted by Crippen LogP contribution is -2.27. The van der Waals surface area contributed by atoms with E-state index in [1.54, 1.807) is 0 Å². The van der Waals surface area contributed by atoms with E-state index in [1.807, 2.05) is 32.0 Å². The summed E-state index contributed by atoms with van der Waals surface area (Å²) in [4.78, 5) is 0. The maximum Gasteiger partial charge on any atom is 0.0654 e. The Hall–Kier alpha value is -0.350. The molecule has 15 heavy (non-hydrogen) atoms. The normalized spacial score (nSPS) is 12.3. The lowest BCUT2D eigenvalue weighted by Gasteiger charge is -2.14. The van der Waals surface area contributed by atoms with Gasteiger partial charge in [0.25, 0.3) is 0 Å². The van der Waals surface area contributed by atoms with E-state index < -0.39 is 0 Å². The number of benzene rings is 1. The third kappa shape index (κ3) is 3.61. The van der Waals surface area contributed by atoms with Crippen molar-refractivity contribution in [2.75, 3.05) is 0 Å². The zero-order valence-electron chi connectivity index (χ0n) is 8.72. The van der Waals surface area contributed by atoms with Crippen molar-refractivity contribution in [2.24, 2.45) is 5.84 Å². The van der Waals surface area contributed by atoms with Gasteiger partial charge in [-0.2, -0.15) is 0 Å². The van der Waals surface area contributed by atoms with Crippen LogP contribution in [0.3, 0.4) is 0 Å². The van der Waals surface area contributed by atoms with Crippen LogP contribution in [0.15, 0.2) is 34.3 Å². The van der Waals surface area contributed by atoms with Crippen LogP contribution in [0.1, 0.15) is 25.5 Å². The molecule has 2 nitrogen and oxygen atoms in total. The highest BCUT2D eigenvalue weighted by Crippen LogP contribution is 2.27. The molecule has 0 saturated heterocycles. The van der Waals surface area contributed by atoms with Gasteiger partial charge in [-0.25, -0.2) is 5.43 Å². The van der Waals surface area contributed by atoms with Crippen LogP contribution in [-0.2, 0) is 0 Å². The van der Waals surface area contributed by atoms with E-state index in [1.165, 1.54) is 5.57 Å². The van der Waals surface area contributed by atoms with Crippen LogP contribution in [0.4, 0.5) is 0 Å². The Bertz CT molecular complexity index is 373. The van der Waals surface area contributed by atoms with Crippen LogP contribution >= 0.6 is 27.5 Å². The molecule has 0 bridgehead atoms. The van der Waals surface area contributed by atoms with Gasteiger partial charge >= 0.3 is 0 Å². The molecule has 0 fully saturated rings. The maximum atomic E-state index is 5.87. The van der Waals surface area contributed by atoms with Gasteiger partial charge in [-0.1, -0.05) is 45.2 Å². The van der Waals surface area contributed by atoms with Gasteiger partial charge in [0.2, 0.25) is 0 Å². The van der Waals surface area contributed by atoms with Crippen LogP contribution in [0.25, 0.3) is 0 Å². The van der Waals surface area contributed by atoms with Crippen molar-refractivity contribution in [3.05, 3.63) is 44.9 Å². The number of hydrogen-bond donors (Lipinski definition) is 2. The van der Waals surface area contributed by atoms with Crippen molar-refractivity contribution in [3.63, 3.8) is 0 Å². The monoisotopic (exact) mass is 288 g/mol. The highest BCUT2D eigenvalue weighted by molar-refractivity contribution is 9.10. The summed E-state index contributed by atoms with van der Waals surface area (Å²) >= 11 is 9.34. The average Bonchev–Trinajstić information content (AvgIpc) is 2.14. The molecule has 1 rings (SSSR count). The Kier molecular flexibility index (Phi) is 4.80. The number of allylic oxidation sites excluding steroid dienone is 1. The molecule has 0 aliphatic rings. The largest absolute Gasteiger partial charge is 0.271 e. The van der Waals surface area contributed by atoms with E-state index in [9.17, 15) is 0 Å². The molecule has 0 aliphatic heterocycles. The summed E-state index contributed by atoms with van der Waals surface area (Å²) in [6, 6.07) is 5.67. The molecule has 0 heterocycles. The van der Waals surface area contributed by atoms with Gasteiger partial charge < -0.3 is 0 Å². The molecule has 0 amide bonds. The van der Waals surface area contributed by atoms with Crippen LogP contribution in [0.5, 0.6) is 0 Å². The molecule has 3 N–H and O–H groups in total. The fourth-order valence-electron chi connectivity index (χ4n) is 1.31. The SMILES string of the molecule is CC(C)=CC(NN)c1ccc(Cl)cc1Br. The molecule has 0 aliphatic carbocycles. The Balaban J connectivity index is 3.07. The van der Waals surface area contributed by atoms with Crippen molar-refractivity contribution < 1.29 is 0 Å². The molecule has 82 valence electrons. The first kappa shape index (κ1) is 12.7. The van der Waals surface area contributed by atoms with Crippen LogP contribution < -0.4 is 11.3 Å². The standard InChI is InChI=1S/C11H14BrClN2/c1-7(2)5-11(15-14)9-4-3-8(13)6-10(9)12/h3-6,11,15H,14H2,1-2H3. The predicted octanol–water partition coefficient (Wildman–Crippen LogP) is 3.57. The molecular formula is C11H14BrClN2. The van der Waals surface area contributed by atoms with Crippen LogP contribution in [0.2, 0.25) is 5.02 Å². The van der Waals surface area contributed by atoms with Gasteiger partial charge in [0.1, 0.15) is 0 Å². The molecule has 4 heteroatoms. The molecule has 0 radical (unpaired) electrons. The molecule has 0 saturated carbocycles. The molecule has 1 aromatic rings. The topological polar surface area (TPSA) is 38.0 Å². The molecule has 1 aromatic carbocycles. The first-order valence-corrected chi connectivity index (χ1v) is 5.77. The van der Waals surface area contributed by atoms with Gasteiger partial charge in [-0.15, -0.1) is 0 Å². The summed E-state index contributed by atoms with van der Waals surface area (Å²) in [5.41, 5.74) is 5.04. The second-order valence-electron chi connectivity index (χ2n) is 3.55. The van der Waals surface area contributed by atoms with Crippen molar-refractivity contribution in [3.8, 4) is 0 Å². The molecular weight excluding hydrogens is 275 g/mol. The second-order valence-corrected chi connectivity index (χ2v) is 4.84. The fraction of sp³-hybridized carbons (Fsp3) is 0.273. The van der Waals surface area contributed by atoms with Gasteiger partial charge in [-0.05, 0) is 31.5 Å². The predicted molar refractivity (Wildman–Crippen MR) is 68.6 cm³/mol. The van der Waals surface area contributed by atoms with E-state index in [0.29, 0.717) is 5.02 Å². The zero-order valence-corrected chi connectivity index (χ0v) is 11.1. The molecule has 0 aromatic heterocycles. The Morgan fingerprint density at radius 3 is 2.67 bits per heavy atom. The minimum absolute atomic E-state index is 0.00152. The summed E-state index contributed by atoms with van der Waals surface area (Å²) in [7, 11) is 0. The van der Waals surface area contributed by atoms with E-state index >= 15 is 0 Å². The van der Waals surface area contributed by atoms with Gasteiger partial charge in [0, 0.05) is 9.50 Å². The van der Waals surface area contributed by atoms with Gasteiger partial charge in [-0.3, -0.25) is 5.84 Å². The quantitative estimate of drug-likeness (QED) is 0.507. The molecule has 0 spiro atoms. The van der Waals surface area contributed by atoms with Crippen LogP contribution in [-0.4, -0.2) is 0 Å². The highest BCUT2D eigenvalue weighted by Gasteiger charge is 2.10. The van der Waals surface area contributed by atoms with Gasteiger partial charge in [0.15, 0.2) is 0 Å². The first-order valence-electron chi connectivity index (χ1n) is 4.60. The Morgan fingerprint density at radius 1 is 1.53 bits per heavy atom. The van der Waals surface area contributed by atoms with E-state index in [0.717, 1.165) is 10.0 Å². The number of rotatable bonds is 3. The molecule has 1 atom stereocenters. The van der Waals surface area contributed by atoms with Crippen molar-refractivity contribution in [1.82, 2.24) is 5.43 Å². The summed E-state index contributed by atoms with van der Waals surface area (Å²) < 4.78 is 0.954. The Morgan fingerprint density at radius 2 is 2.20 bits per heavy atom. The lowest BCUT2D eigenvalue weighted by molar-refractivity contribution is 0.649. The van der Waals surface area contributed by atoms with Crippen LogP contribution in [0, 0.1) is 0 Å².